The Kier molecular flexibility index (Phi) is 10.3. The van der Waals surface area contributed by atoms with E-state index in [0.717, 1.165) is 18.9 Å². The third kappa shape index (κ3) is 9.07. The van der Waals surface area contributed by atoms with Gasteiger partial charge in [-0.3, -0.25) is 0 Å². The molecule has 202 valence electrons. The van der Waals surface area contributed by atoms with Crippen molar-refractivity contribution in [2.24, 2.45) is 21.5 Å². The minimum atomic E-state index is -0.705. The lowest BCUT2D eigenvalue weighted by Gasteiger charge is -2.19. The van der Waals surface area contributed by atoms with Gasteiger partial charge in [-0.2, -0.15) is 0 Å². The number of ether oxygens (including phenoxy) is 4. The van der Waals surface area contributed by atoms with Crippen LogP contribution in [0.1, 0.15) is 39.5 Å². The second-order valence-corrected chi connectivity index (χ2v) is 8.66. The van der Waals surface area contributed by atoms with Crippen LogP contribution in [0.4, 0.5) is 13.2 Å². The van der Waals surface area contributed by atoms with E-state index in [0.29, 0.717) is 31.8 Å². The summed E-state index contributed by atoms with van der Waals surface area (Å²) in [5, 5.41) is 0. The molecule has 0 radical (unpaired) electrons. The standard InChI is InChI=1S/C13H16F2N2O2.C13H17FN2O2/c1-2-10(6-9-7-18-13(16)17-9)19-12-4-3-8(14)5-11(12)15;1-2-11(7-10-8-17-13(15)16-10)18-12-5-3-9(14)4-6-12/h3-5,9-10H,2,6-7H2,1H3,(H2,16,17);3-6,10-11H,2,7-8H2,1H3,(H2,15,16)/t9-,10-;10-,11-/m00/s1. The summed E-state index contributed by atoms with van der Waals surface area (Å²) in [5.41, 5.74) is 10.9. The average Bonchev–Trinajstić information content (AvgIpc) is 3.48. The fraction of sp³-hybridized carbons (Fsp3) is 0.462. The Morgan fingerprint density at radius 3 is 1.78 bits per heavy atom. The maximum Gasteiger partial charge on any atom is 0.282 e. The molecule has 11 heteroatoms. The maximum absolute atomic E-state index is 13.5. The van der Waals surface area contributed by atoms with E-state index in [-0.39, 0.29) is 47.9 Å². The molecule has 0 bridgehead atoms. The number of hydrogen-bond acceptors (Lipinski definition) is 8. The van der Waals surface area contributed by atoms with Crippen molar-refractivity contribution in [2.45, 2.75) is 63.8 Å². The number of halogens is 3. The van der Waals surface area contributed by atoms with E-state index >= 15 is 0 Å². The van der Waals surface area contributed by atoms with Crippen LogP contribution in [0, 0.1) is 17.5 Å². The molecular weight excluding hydrogens is 489 g/mol. The Hall–Kier alpha value is -3.63. The van der Waals surface area contributed by atoms with Gasteiger partial charge in [0.15, 0.2) is 11.6 Å². The summed E-state index contributed by atoms with van der Waals surface area (Å²) >= 11 is 0. The molecular formula is C26H33F3N4O4. The van der Waals surface area contributed by atoms with E-state index in [4.69, 9.17) is 30.4 Å². The van der Waals surface area contributed by atoms with E-state index in [1.807, 2.05) is 13.8 Å². The quantitative estimate of drug-likeness (QED) is 0.481. The van der Waals surface area contributed by atoms with Gasteiger partial charge < -0.3 is 30.4 Å². The van der Waals surface area contributed by atoms with Crippen molar-refractivity contribution in [2.75, 3.05) is 13.2 Å². The van der Waals surface area contributed by atoms with Gasteiger partial charge in [0.1, 0.15) is 42.8 Å². The first-order valence-electron chi connectivity index (χ1n) is 12.2. The molecule has 4 N–H and O–H groups in total. The van der Waals surface area contributed by atoms with Gasteiger partial charge in [-0.15, -0.1) is 0 Å². The molecule has 8 nitrogen and oxygen atoms in total. The molecule has 2 heterocycles. The van der Waals surface area contributed by atoms with Crippen LogP contribution < -0.4 is 20.9 Å². The van der Waals surface area contributed by atoms with E-state index in [1.54, 1.807) is 12.1 Å². The van der Waals surface area contributed by atoms with Gasteiger partial charge in [-0.1, -0.05) is 13.8 Å². The Bertz CT molecular complexity index is 1070. The minimum Gasteiger partial charge on any atom is -0.490 e. The third-order valence-electron chi connectivity index (χ3n) is 5.75. The van der Waals surface area contributed by atoms with Crippen LogP contribution in [-0.4, -0.2) is 49.5 Å². The number of aliphatic imine (C=N–C) groups is 2. The molecule has 0 saturated heterocycles. The first-order valence-corrected chi connectivity index (χ1v) is 12.2. The van der Waals surface area contributed by atoms with Crippen molar-refractivity contribution < 1.29 is 32.1 Å². The summed E-state index contributed by atoms with van der Waals surface area (Å²) in [5.74, 6) is -0.885. The molecule has 2 aromatic rings. The number of nitrogens with zero attached hydrogens (tertiary/aromatic N) is 2. The molecule has 37 heavy (non-hydrogen) atoms. The summed E-state index contributed by atoms with van der Waals surface area (Å²) in [6.45, 7) is 4.89. The molecule has 0 aliphatic carbocycles. The predicted octanol–water partition coefficient (Wildman–Crippen LogP) is 4.31. The molecule has 0 saturated carbocycles. The Balaban J connectivity index is 0.000000206. The topological polar surface area (TPSA) is 114 Å². The Morgan fingerprint density at radius 1 is 0.811 bits per heavy atom. The van der Waals surface area contributed by atoms with E-state index in [9.17, 15) is 13.2 Å². The first-order chi connectivity index (χ1) is 17.7. The largest absolute Gasteiger partial charge is 0.490 e. The first kappa shape index (κ1) is 27.9. The Morgan fingerprint density at radius 2 is 1.32 bits per heavy atom. The summed E-state index contributed by atoms with van der Waals surface area (Å²) < 4.78 is 60.5. The van der Waals surface area contributed by atoms with Crippen LogP contribution in [-0.2, 0) is 9.47 Å². The van der Waals surface area contributed by atoms with Crippen molar-refractivity contribution in [1.29, 1.82) is 0 Å². The summed E-state index contributed by atoms with van der Waals surface area (Å²) in [6, 6.07) is 9.68. The molecule has 0 amide bonds. The van der Waals surface area contributed by atoms with Gasteiger partial charge in [-0.05, 0) is 49.2 Å². The fourth-order valence-electron chi connectivity index (χ4n) is 3.77. The molecule has 2 aliphatic rings. The maximum atomic E-state index is 13.5. The average molecular weight is 523 g/mol. The number of nitrogens with two attached hydrogens (primary N) is 2. The van der Waals surface area contributed by atoms with Crippen LogP contribution in [0.5, 0.6) is 11.5 Å². The van der Waals surface area contributed by atoms with E-state index < -0.39 is 11.6 Å². The zero-order valence-electron chi connectivity index (χ0n) is 20.9. The van der Waals surface area contributed by atoms with Crippen LogP contribution in [0.2, 0.25) is 0 Å². The molecule has 2 aromatic carbocycles. The molecule has 0 spiro atoms. The molecule has 2 aliphatic heterocycles. The summed E-state index contributed by atoms with van der Waals surface area (Å²) in [6.07, 6.45) is 2.66. The highest BCUT2D eigenvalue weighted by atomic mass is 19.1. The number of hydrogen-bond donors (Lipinski definition) is 2. The summed E-state index contributed by atoms with van der Waals surface area (Å²) in [7, 11) is 0. The predicted molar refractivity (Wildman–Crippen MR) is 134 cm³/mol. The summed E-state index contributed by atoms with van der Waals surface area (Å²) in [4.78, 5) is 8.26. The van der Waals surface area contributed by atoms with Crippen molar-refractivity contribution in [3.8, 4) is 11.5 Å². The SMILES string of the molecule is CC[C@@H](C[C@H]1COC(N)=N1)Oc1ccc(F)cc1.CC[C@@H](C[C@H]1COC(N)=N1)Oc1ccc(F)cc1F. The fourth-order valence-corrected chi connectivity index (χ4v) is 3.77. The number of amidine groups is 2. The lowest BCUT2D eigenvalue weighted by atomic mass is 10.1. The minimum absolute atomic E-state index is 0.0266. The molecule has 4 atom stereocenters. The highest BCUT2D eigenvalue weighted by molar-refractivity contribution is 5.73. The smallest absolute Gasteiger partial charge is 0.282 e. The van der Waals surface area contributed by atoms with E-state index in [1.165, 1.54) is 24.3 Å². The van der Waals surface area contributed by atoms with Gasteiger partial charge in [0, 0.05) is 18.9 Å². The van der Waals surface area contributed by atoms with Gasteiger partial charge in [0.2, 0.25) is 0 Å². The molecule has 0 unspecified atom stereocenters. The van der Waals surface area contributed by atoms with Crippen molar-refractivity contribution >= 4 is 12.0 Å². The second-order valence-electron chi connectivity index (χ2n) is 8.66. The van der Waals surface area contributed by atoms with Crippen LogP contribution in [0.25, 0.3) is 0 Å². The number of benzene rings is 2. The Labute approximate surface area is 214 Å². The lowest BCUT2D eigenvalue weighted by molar-refractivity contribution is 0.162. The van der Waals surface area contributed by atoms with Gasteiger partial charge in [0.25, 0.3) is 12.0 Å². The normalized spacial score (nSPS) is 19.9. The number of rotatable bonds is 10. The molecule has 0 aromatic heterocycles. The highest BCUT2D eigenvalue weighted by Crippen LogP contribution is 2.23. The molecule has 4 rings (SSSR count). The van der Waals surface area contributed by atoms with Crippen molar-refractivity contribution in [3.05, 3.63) is 59.9 Å². The second kappa shape index (κ2) is 13.6. The van der Waals surface area contributed by atoms with Crippen LogP contribution in [0.3, 0.4) is 0 Å². The van der Waals surface area contributed by atoms with Crippen molar-refractivity contribution in [1.82, 2.24) is 0 Å². The van der Waals surface area contributed by atoms with Crippen molar-refractivity contribution in [3.63, 3.8) is 0 Å². The zero-order chi connectivity index (χ0) is 26.8. The lowest BCUT2D eigenvalue weighted by Crippen LogP contribution is -2.23. The van der Waals surface area contributed by atoms with Crippen LogP contribution >= 0.6 is 0 Å². The van der Waals surface area contributed by atoms with Gasteiger partial charge >= 0.3 is 0 Å². The van der Waals surface area contributed by atoms with Gasteiger partial charge in [-0.25, -0.2) is 23.2 Å². The van der Waals surface area contributed by atoms with E-state index in [2.05, 4.69) is 9.98 Å². The third-order valence-corrected chi connectivity index (χ3v) is 5.75. The molecule has 0 fully saturated rings. The highest BCUT2D eigenvalue weighted by Gasteiger charge is 2.23. The van der Waals surface area contributed by atoms with Gasteiger partial charge in [0.05, 0.1) is 12.1 Å². The zero-order valence-corrected chi connectivity index (χ0v) is 20.9. The van der Waals surface area contributed by atoms with Crippen LogP contribution in [0.15, 0.2) is 52.4 Å². The monoisotopic (exact) mass is 522 g/mol.